The molecule has 0 aliphatic rings. The van der Waals surface area contributed by atoms with Gasteiger partial charge in [-0.25, -0.2) is 18.6 Å². The van der Waals surface area contributed by atoms with Crippen molar-refractivity contribution < 1.29 is 33.4 Å². The summed E-state index contributed by atoms with van der Waals surface area (Å²) in [6, 6.07) is 11.1. The lowest BCUT2D eigenvalue weighted by atomic mass is 10.1. The molecule has 1 heterocycles. The van der Waals surface area contributed by atoms with Crippen LogP contribution in [-0.4, -0.2) is 0 Å². The van der Waals surface area contributed by atoms with Crippen LogP contribution in [0.5, 0.6) is 0 Å². The molecule has 0 saturated carbocycles. The largest absolute Gasteiger partial charge is 0.234 e. The van der Waals surface area contributed by atoms with Gasteiger partial charge in [-0.1, -0.05) is 41.7 Å². The van der Waals surface area contributed by atoms with Gasteiger partial charge in [0.1, 0.15) is 0 Å². The summed E-state index contributed by atoms with van der Waals surface area (Å²) in [5, 5.41) is 3.58. The molecule has 7 heteroatoms. The van der Waals surface area contributed by atoms with E-state index in [1.807, 2.05) is 11.3 Å². The molecule has 0 bridgehead atoms. The van der Waals surface area contributed by atoms with Gasteiger partial charge in [-0.05, 0) is 0 Å². The van der Waals surface area contributed by atoms with Crippen LogP contribution < -0.4 is 23.2 Å². The Bertz CT molecular complexity index is 514. The summed E-state index contributed by atoms with van der Waals surface area (Å²) in [6.45, 7) is 6.60. The molecule has 1 aromatic carbocycles. The quantitative estimate of drug-likeness (QED) is 0.630. The Morgan fingerprint density at radius 3 is 1.95 bits per heavy atom. The van der Waals surface area contributed by atoms with Gasteiger partial charge in [0.15, 0.2) is 11.7 Å². The number of rotatable bonds is 2. The fraction of sp³-hybridized carbons (Fsp3) is 0.308. The van der Waals surface area contributed by atoms with E-state index in [-0.39, 0.29) is 0 Å². The third-order valence-corrected chi connectivity index (χ3v) is 3.79. The summed E-state index contributed by atoms with van der Waals surface area (Å²) in [6.07, 6.45) is 0. The highest BCUT2D eigenvalue weighted by Gasteiger charge is 2.21. The van der Waals surface area contributed by atoms with Crippen LogP contribution in [0.1, 0.15) is 29.2 Å². The number of thiazole rings is 1. The van der Waals surface area contributed by atoms with Crippen LogP contribution in [0.25, 0.3) is 0 Å². The average Bonchev–Trinajstić information content (AvgIpc) is 2.67. The van der Waals surface area contributed by atoms with Crippen molar-refractivity contribution in [2.45, 2.75) is 26.8 Å². The van der Waals surface area contributed by atoms with Gasteiger partial charge in [-0.15, -0.1) is 10.2 Å². The predicted molar refractivity (Wildman–Crippen MR) is 64.2 cm³/mol. The molecule has 1 atom stereocenters. The number of hydrogen-bond acceptors (Lipinski definition) is 5. The standard InChI is InChI=1S/C13H16NS.ClHO4/c1-10-9-15-12(3)14(10)11(2)13-7-5-4-6-8-13;2-1(3,4)5/h4-9,11H,1-3H3;(H,2,3,4,5)/q+1;/p-1/t11-;/m1./s1. The molecule has 0 fully saturated rings. The van der Waals surface area contributed by atoms with E-state index >= 15 is 0 Å². The zero-order valence-corrected chi connectivity index (χ0v) is 13.0. The first-order chi connectivity index (χ1) is 9.20. The van der Waals surface area contributed by atoms with Gasteiger partial charge in [-0.2, -0.15) is 4.57 Å². The third-order valence-electron chi connectivity index (χ3n) is 2.79. The van der Waals surface area contributed by atoms with Crippen molar-refractivity contribution in [2.75, 3.05) is 0 Å². The Kier molecular flexibility index (Phi) is 6.07. The van der Waals surface area contributed by atoms with Crippen LogP contribution in [0.2, 0.25) is 0 Å². The van der Waals surface area contributed by atoms with Crippen molar-refractivity contribution in [3.05, 3.63) is 52.0 Å². The predicted octanol–water partition coefficient (Wildman–Crippen LogP) is -1.49. The van der Waals surface area contributed by atoms with Gasteiger partial charge >= 0.3 is 0 Å². The topological polar surface area (TPSA) is 96.1 Å². The maximum absolute atomic E-state index is 8.49. The molecule has 0 unspecified atom stereocenters. The maximum Gasteiger partial charge on any atom is 0.234 e. The highest BCUT2D eigenvalue weighted by molar-refractivity contribution is 7.09. The van der Waals surface area contributed by atoms with Gasteiger partial charge in [0.2, 0.25) is 5.01 Å². The number of aryl methyl sites for hydroxylation is 2. The van der Waals surface area contributed by atoms with Crippen molar-refractivity contribution in [3.63, 3.8) is 0 Å². The highest BCUT2D eigenvalue weighted by Crippen LogP contribution is 2.16. The Morgan fingerprint density at radius 2 is 1.55 bits per heavy atom. The van der Waals surface area contributed by atoms with Crippen molar-refractivity contribution in [1.82, 2.24) is 0 Å². The smallest absolute Gasteiger partial charge is 0.222 e. The second-order valence-electron chi connectivity index (χ2n) is 4.23. The minimum atomic E-state index is -4.94. The normalized spacial score (nSPS) is 12.6. The number of halogens is 1. The lowest BCUT2D eigenvalue weighted by Gasteiger charge is -2.17. The van der Waals surface area contributed by atoms with Crippen molar-refractivity contribution in [2.24, 2.45) is 0 Å². The molecule has 2 aromatic rings. The van der Waals surface area contributed by atoms with E-state index in [1.165, 1.54) is 16.3 Å². The Morgan fingerprint density at radius 1 is 1.05 bits per heavy atom. The molecule has 0 N–H and O–H groups in total. The highest BCUT2D eigenvalue weighted by atomic mass is 35.7. The Labute approximate surface area is 124 Å². The second-order valence-corrected chi connectivity index (χ2v) is 6.05. The molecule has 0 amide bonds. The minimum Gasteiger partial charge on any atom is -0.222 e. The van der Waals surface area contributed by atoms with Gasteiger partial charge in [0.25, 0.3) is 0 Å². The van der Waals surface area contributed by atoms with Crippen LogP contribution in [0.15, 0.2) is 35.7 Å². The zero-order chi connectivity index (χ0) is 15.3. The van der Waals surface area contributed by atoms with E-state index in [0.29, 0.717) is 6.04 Å². The molecule has 2 rings (SSSR count). The van der Waals surface area contributed by atoms with E-state index in [1.54, 1.807) is 0 Å². The summed E-state index contributed by atoms with van der Waals surface area (Å²) >= 11 is 1.82. The lowest BCUT2D eigenvalue weighted by molar-refractivity contribution is -2.00. The summed E-state index contributed by atoms with van der Waals surface area (Å²) < 4.78 is 36.4. The van der Waals surface area contributed by atoms with Gasteiger partial charge in [-0.3, -0.25) is 0 Å². The maximum atomic E-state index is 8.49. The summed E-state index contributed by atoms with van der Waals surface area (Å²) in [4.78, 5) is 0. The number of benzene rings is 1. The van der Waals surface area contributed by atoms with Crippen LogP contribution in [0.3, 0.4) is 0 Å². The van der Waals surface area contributed by atoms with Gasteiger partial charge in [0, 0.05) is 26.3 Å². The number of nitrogens with zero attached hydrogens (tertiary/aromatic N) is 1. The fourth-order valence-corrected chi connectivity index (χ4v) is 2.86. The average molecular weight is 318 g/mol. The molecule has 1 aromatic heterocycles. The number of hydrogen-bond donors (Lipinski definition) is 0. The molecule has 5 nitrogen and oxygen atoms in total. The summed E-state index contributed by atoms with van der Waals surface area (Å²) in [5.74, 6) is 0. The van der Waals surface area contributed by atoms with Crippen molar-refractivity contribution in [3.8, 4) is 0 Å². The first-order valence-electron chi connectivity index (χ1n) is 5.83. The summed E-state index contributed by atoms with van der Waals surface area (Å²) in [7, 11) is -4.94. The minimum absolute atomic E-state index is 0.428. The van der Waals surface area contributed by atoms with Gasteiger partial charge in [0.05, 0.1) is 5.38 Å². The molecule has 0 saturated heterocycles. The Balaban J connectivity index is 0.000000347. The summed E-state index contributed by atoms with van der Waals surface area (Å²) in [5.41, 5.74) is 2.71. The molecule has 20 heavy (non-hydrogen) atoms. The number of aromatic nitrogens is 1. The monoisotopic (exact) mass is 317 g/mol. The molecule has 110 valence electrons. The molecule has 0 aliphatic heterocycles. The molecule has 0 spiro atoms. The molecular formula is C13H16ClNO4S. The first kappa shape index (κ1) is 17.0. The molecular weight excluding hydrogens is 302 g/mol. The van der Waals surface area contributed by atoms with E-state index in [2.05, 4.69) is 61.1 Å². The second kappa shape index (κ2) is 7.12. The molecule has 0 radical (unpaired) electrons. The van der Waals surface area contributed by atoms with Crippen LogP contribution in [-0.2, 0) is 0 Å². The lowest BCUT2D eigenvalue weighted by Crippen LogP contribution is -2.68. The van der Waals surface area contributed by atoms with Crippen LogP contribution >= 0.6 is 11.3 Å². The zero-order valence-electron chi connectivity index (χ0n) is 11.4. The van der Waals surface area contributed by atoms with Crippen LogP contribution in [0, 0.1) is 24.1 Å². The molecule has 0 aliphatic carbocycles. The van der Waals surface area contributed by atoms with E-state index in [4.69, 9.17) is 18.6 Å². The Hall–Kier alpha value is -1.02. The van der Waals surface area contributed by atoms with E-state index in [0.717, 1.165) is 0 Å². The fourth-order valence-electron chi connectivity index (χ4n) is 1.99. The van der Waals surface area contributed by atoms with Crippen LogP contribution in [0.4, 0.5) is 0 Å². The van der Waals surface area contributed by atoms with E-state index < -0.39 is 10.2 Å². The van der Waals surface area contributed by atoms with Gasteiger partial charge < -0.3 is 0 Å². The van der Waals surface area contributed by atoms with Crippen molar-refractivity contribution in [1.29, 1.82) is 0 Å². The van der Waals surface area contributed by atoms with Crippen molar-refractivity contribution >= 4 is 11.3 Å². The third kappa shape index (κ3) is 5.54. The first-order valence-corrected chi connectivity index (χ1v) is 7.94. The SMILES string of the molecule is Cc1csc(C)[n+]1[C@H](C)c1ccccc1.[O-][Cl+3]([O-])([O-])[O-]. The van der Waals surface area contributed by atoms with E-state index in [9.17, 15) is 0 Å².